The van der Waals surface area contributed by atoms with Crippen molar-refractivity contribution in [3.05, 3.63) is 29.0 Å². The third-order valence-electron chi connectivity index (χ3n) is 3.80. The van der Waals surface area contributed by atoms with Crippen LogP contribution in [0.15, 0.2) is 18.2 Å². The van der Waals surface area contributed by atoms with Gasteiger partial charge in [-0.25, -0.2) is 4.39 Å². The number of anilines is 1. The predicted molar refractivity (Wildman–Crippen MR) is 64.4 cm³/mol. The molecule has 0 spiro atoms. The Kier molecular flexibility index (Phi) is 2.58. The molecule has 0 heterocycles. The molecule has 0 aromatic heterocycles. The van der Waals surface area contributed by atoms with Crippen molar-refractivity contribution in [2.45, 2.75) is 19.3 Å². The first kappa shape index (κ1) is 11.0. The molecule has 4 heteroatoms. The first-order chi connectivity index (χ1) is 8.13. The second kappa shape index (κ2) is 3.98. The Hall–Kier alpha value is -1.09. The molecule has 0 saturated heterocycles. The highest BCUT2D eigenvalue weighted by atomic mass is 35.5. The fourth-order valence-electron chi connectivity index (χ4n) is 2.75. The van der Waals surface area contributed by atoms with E-state index in [4.69, 9.17) is 11.6 Å². The van der Waals surface area contributed by atoms with Crippen LogP contribution in [0.3, 0.4) is 0 Å². The minimum Gasteiger partial charge on any atom is -0.323 e. The van der Waals surface area contributed by atoms with Crippen LogP contribution >= 0.6 is 11.6 Å². The Morgan fingerprint density at radius 2 is 2.00 bits per heavy atom. The van der Waals surface area contributed by atoms with Crippen LogP contribution in [0.25, 0.3) is 0 Å². The normalized spacial score (nSPS) is 29.9. The standard InChI is InChI=1S/C13H13ClFNO/c14-10-1-2-12(11(15)6-10)16-13(17)9-4-7-3-8(7)5-9/h1-2,6-9H,3-5H2,(H,16,17). The predicted octanol–water partition coefficient (Wildman–Crippen LogP) is 3.46. The van der Waals surface area contributed by atoms with Gasteiger partial charge in [-0.05, 0) is 49.3 Å². The summed E-state index contributed by atoms with van der Waals surface area (Å²) >= 11 is 5.65. The third kappa shape index (κ3) is 2.16. The van der Waals surface area contributed by atoms with Crippen molar-refractivity contribution in [2.75, 3.05) is 5.32 Å². The Balaban J connectivity index is 1.67. The molecule has 90 valence electrons. The van der Waals surface area contributed by atoms with Gasteiger partial charge < -0.3 is 5.32 Å². The first-order valence-corrected chi connectivity index (χ1v) is 6.27. The van der Waals surface area contributed by atoms with Crippen LogP contribution in [-0.2, 0) is 4.79 Å². The molecule has 1 aromatic carbocycles. The van der Waals surface area contributed by atoms with Gasteiger partial charge in [-0.3, -0.25) is 4.79 Å². The highest BCUT2D eigenvalue weighted by Gasteiger charge is 2.48. The molecule has 2 saturated carbocycles. The van der Waals surface area contributed by atoms with Gasteiger partial charge in [0, 0.05) is 10.9 Å². The van der Waals surface area contributed by atoms with Gasteiger partial charge in [0.05, 0.1) is 5.69 Å². The summed E-state index contributed by atoms with van der Waals surface area (Å²) < 4.78 is 13.5. The number of hydrogen-bond acceptors (Lipinski definition) is 1. The molecule has 1 amide bonds. The smallest absolute Gasteiger partial charge is 0.227 e. The van der Waals surface area contributed by atoms with Crippen LogP contribution in [0.2, 0.25) is 5.02 Å². The first-order valence-electron chi connectivity index (χ1n) is 5.89. The Labute approximate surface area is 104 Å². The van der Waals surface area contributed by atoms with E-state index in [1.807, 2.05) is 0 Å². The van der Waals surface area contributed by atoms with Crippen molar-refractivity contribution in [1.82, 2.24) is 0 Å². The number of hydrogen-bond donors (Lipinski definition) is 1. The fraction of sp³-hybridized carbons (Fsp3) is 0.462. The molecule has 3 rings (SSSR count). The molecule has 0 bridgehead atoms. The van der Waals surface area contributed by atoms with E-state index < -0.39 is 5.82 Å². The largest absolute Gasteiger partial charge is 0.323 e. The van der Waals surface area contributed by atoms with Crippen molar-refractivity contribution in [1.29, 1.82) is 0 Å². The number of nitrogens with one attached hydrogen (secondary N) is 1. The molecule has 2 aliphatic carbocycles. The molecule has 0 radical (unpaired) electrons. The Bertz CT molecular complexity index is 466. The van der Waals surface area contributed by atoms with Gasteiger partial charge in [0.2, 0.25) is 5.91 Å². The minimum absolute atomic E-state index is 0.0570. The van der Waals surface area contributed by atoms with Crippen LogP contribution in [-0.4, -0.2) is 5.91 Å². The number of halogens is 2. The number of benzene rings is 1. The summed E-state index contributed by atoms with van der Waals surface area (Å²) in [4.78, 5) is 11.9. The number of carbonyl (C=O) groups excluding carboxylic acids is 1. The molecule has 2 nitrogen and oxygen atoms in total. The lowest BCUT2D eigenvalue weighted by Crippen LogP contribution is -2.22. The van der Waals surface area contributed by atoms with Crippen molar-refractivity contribution in [2.24, 2.45) is 17.8 Å². The maximum Gasteiger partial charge on any atom is 0.227 e. The summed E-state index contributed by atoms with van der Waals surface area (Å²) in [7, 11) is 0. The van der Waals surface area contributed by atoms with Crippen LogP contribution in [0.4, 0.5) is 10.1 Å². The summed E-state index contributed by atoms with van der Waals surface area (Å²) in [6.07, 6.45) is 3.20. The molecule has 1 N–H and O–H groups in total. The molecule has 2 unspecified atom stereocenters. The van der Waals surface area contributed by atoms with Gasteiger partial charge in [0.15, 0.2) is 0 Å². The van der Waals surface area contributed by atoms with E-state index in [9.17, 15) is 9.18 Å². The fourth-order valence-corrected chi connectivity index (χ4v) is 2.91. The molecule has 17 heavy (non-hydrogen) atoms. The average Bonchev–Trinajstić information content (AvgIpc) is 2.89. The van der Waals surface area contributed by atoms with E-state index in [0.717, 1.165) is 24.7 Å². The summed E-state index contributed by atoms with van der Waals surface area (Å²) in [5, 5.41) is 2.98. The average molecular weight is 254 g/mol. The van der Waals surface area contributed by atoms with E-state index >= 15 is 0 Å². The van der Waals surface area contributed by atoms with Crippen molar-refractivity contribution in [3.63, 3.8) is 0 Å². The van der Waals surface area contributed by atoms with Gasteiger partial charge in [-0.2, -0.15) is 0 Å². The second-order valence-corrected chi connectivity index (χ2v) is 5.47. The summed E-state index contributed by atoms with van der Waals surface area (Å²) in [6, 6.07) is 4.29. The zero-order valence-electron chi connectivity index (χ0n) is 9.25. The van der Waals surface area contributed by atoms with Crippen LogP contribution in [0.1, 0.15) is 19.3 Å². The van der Waals surface area contributed by atoms with Crippen molar-refractivity contribution >= 4 is 23.2 Å². The van der Waals surface area contributed by atoms with Crippen molar-refractivity contribution < 1.29 is 9.18 Å². The van der Waals surface area contributed by atoms with Crippen LogP contribution in [0.5, 0.6) is 0 Å². The van der Waals surface area contributed by atoms with Crippen molar-refractivity contribution in [3.8, 4) is 0 Å². The zero-order valence-corrected chi connectivity index (χ0v) is 10.0. The lowest BCUT2D eigenvalue weighted by atomic mass is 10.0. The molecule has 1 aromatic rings. The SMILES string of the molecule is O=C(Nc1ccc(Cl)cc1F)C1CC2CC2C1. The van der Waals surface area contributed by atoms with E-state index in [-0.39, 0.29) is 17.5 Å². The zero-order chi connectivity index (χ0) is 12.0. The summed E-state index contributed by atoms with van der Waals surface area (Å²) in [5.74, 6) is 1.03. The van der Waals surface area contributed by atoms with Crippen LogP contribution in [0, 0.1) is 23.6 Å². The Morgan fingerprint density at radius 1 is 1.29 bits per heavy atom. The van der Waals surface area contributed by atoms with Gasteiger partial charge >= 0.3 is 0 Å². The molecule has 2 atom stereocenters. The second-order valence-electron chi connectivity index (χ2n) is 5.04. The number of rotatable bonds is 2. The third-order valence-corrected chi connectivity index (χ3v) is 4.04. The van der Waals surface area contributed by atoms with Gasteiger partial charge in [-0.15, -0.1) is 0 Å². The van der Waals surface area contributed by atoms with Crippen LogP contribution < -0.4 is 5.32 Å². The maximum absolute atomic E-state index is 13.5. The molecular formula is C13H13ClFNO. The summed E-state index contributed by atoms with van der Waals surface area (Å²) in [6.45, 7) is 0. The highest BCUT2D eigenvalue weighted by Crippen LogP contribution is 2.54. The molecule has 2 aliphatic rings. The topological polar surface area (TPSA) is 29.1 Å². The van der Waals surface area contributed by atoms with E-state index in [2.05, 4.69) is 5.32 Å². The molecule has 2 fully saturated rings. The number of fused-ring (bicyclic) bond motifs is 1. The molecular weight excluding hydrogens is 241 g/mol. The van der Waals surface area contributed by atoms with Gasteiger partial charge in [0.1, 0.15) is 5.82 Å². The number of amides is 1. The molecule has 0 aliphatic heterocycles. The van der Waals surface area contributed by atoms with E-state index in [0.29, 0.717) is 5.02 Å². The summed E-state index contributed by atoms with van der Waals surface area (Å²) in [5.41, 5.74) is 0.222. The highest BCUT2D eigenvalue weighted by molar-refractivity contribution is 6.30. The van der Waals surface area contributed by atoms with Gasteiger partial charge in [0.25, 0.3) is 0 Å². The lowest BCUT2D eigenvalue weighted by Gasteiger charge is -2.12. The number of carbonyl (C=O) groups is 1. The van der Waals surface area contributed by atoms with Gasteiger partial charge in [-0.1, -0.05) is 11.6 Å². The minimum atomic E-state index is -0.478. The van der Waals surface area contributed by atoms with E-state index in [1.165, 1.54) is 18.6 Å². The maximum atomic E-state index is 13.5. The quantitative estimate of drug-likeness (QED) is 0.859. The monoisotopic (exact) mass is 253 g/mol. The Morgan fingerprint density at radius 3 is 2.65 bits per heavy atom. The van der Waals surface area contributed by atoms with E-state index in [1.54, 1.807) is 6.07 Å². The lowest BCUT2D eigenvalue weighted by molar-refractivity contribution is -0.120.